The molecule has 182 valence electrons. The minimum atomic E-state index is -4.78. The minimum Gasteiger partial charge on any atom is -0.334 e. The molecule has 0 radical (unpaired) electrons. The fraction of sp³-hybridized carbons (Fsp3) is 0.0556. The molecular weight excluding hydrogens is 522 g/mol. The quantitative estimate of drug-likeness (QED) is 0.277. The van der Waals surface area contributed by atoms with E-state index >= 15 is 0 Å². The number of hydrogen-bond donors (Lipinski definition) is 3. The van der Waals surface area contributed by atoms with Crippen LogP contribution in [-0.2, 0) is 6.18 Å². The van der Waals surface area contributed by atoms with Crippen molar-refractivity contribution in [2.75, 3.05) is 10.7 Å². The number of benzene rings is 2. The Kier molecular flexibility index (Phi) is 7.21. The summed E-state index contributed by atoms with van der Waals surface area (Å²) in [6, 6.07) is 5.91. The first-order chi connectivity index (χ1) is 16.4. The topological polar surface area (TPSA) is 165 Å². The number of hydrogen-bond acceptors (Lipinski definition) is 9. The van der Waals surface area contributed by atoms with Crippen molar-refractivity contribution < 1.29 is 27.8 Å². The molecule has 0 bridgehead atoms. The smallest absolute Gasteiger partial charge is 0.334 e. The Bertz CT molecular complexity index is 1340. The molecule has 3 rings (SSSR count). The number of nitrogens with one attached hydrogen (secondary N) is 3. The Balaban J connectivity index is 1.87. The van der Waals surface area contributed by atoms with Crippen LogP contribution in [0.25, 0.3) is 0 Å². The summed E-state index contributed by atoms with van der Waals surface area (Å²) in [4.78, 5) is 40.5. The summed E-state index contributed by atoms with van der Waals surface area (Å²) in [6.45, 7) is 0. The zero-order valence-electron chi connectivity index (χ0n) is 16.8. The second kappa shape index (κ2) is 9.94. The lowest BCUT2D eigenvalue weighted by molar-refractivity contribution is -0.384. The highest BCUT2D eigenvalue weighted by molar-refractivity contribution is 6.32. The summed E-state index contributed by atoms with van der Waals surface area (Å²) in [7, 11) is 0. The van der Waals surface area contributed by atoms with Gasteiger partial charge >= 0.3 is 11.9 Å². The van der Waals surface area contributed by atoms with Crippen molar-refractivity contribution in [2.24, 2.45) is 0 Å². The summed E-state index contributed by atoms with van der Waals surface area (Å²) in [5.41, 5.74) is 1.31. The maximum atomic E-state index is 13.1. The number of amides is 1. The molecular formula is C18H10Cl2F3N7O5. The standard InChI is InChI=1S/C18H10Cl2F3N7O5/c19-11-4-2-9(6-10(11)18(21,22)23)26-15-14(30(34)35)16(25-7-24-15)27-28-17(31)8-1-3-12(20)13(5-8)29(32)33/h1-7H,(H,28,31)(H2,24,25,26,27). The van der Waals surface area contributed by atoms with Crippen molar-refractivity contribution in [1.82, 2.24) is 15.4 Å². The molecule has 3 aromatic rings. The maximum absolute atomic E-state index is 13.1. The zero-order chi connectivity index (χ0) is 25.9. The summed E-state index contributed by atoms with van der Waals surface area (Å²) in [6.07, 6.45) is -3.93. The molecule has 1 aromatic heterocycles. The molecule has 0 fully saturated rings. The second-order valence-electron chi connectivity index (χ2n) is 6.50. The van der Waals surface area contributed by atoms with Crippen LogP contribution in [0.3, 0.4) is 0 Å². The van der Waals surface area contributed by atoms with Gasteiger partial charge in [0.1, 0.15) is 11.3 Å². The molecule has 0 saturated carbocycles. The largest absolute Gasteiger partial charge is 0.417 e. The van der Waals surface area contributed by atoms with Crippen molar-refractivity contribution in [2.45, 2.75) is 6.18 Å². The minimum absolute atomic E-state index is 0.204. The van der Waals surface area contributed by atoms with Gasteiger partial charge in [-0.05, 0) is 30.3 Å². The molecule has 0 saturated heterocycles. The van der Waals surface area contributed by atoms with Crippen molar-refractivity contribution >= 4 is 57.8 Å². The molecule has 2 aromatic carbocycles. The molecule has 17 heteroatoms. The van der Waals surface area contributed by atoms with Crippen LogP contribution in [-0.4, -0.2) is 25.7 Å². The molecule has 1 heterocycles. The van der Waals surface area contributed by atoms with Gasteiger partial charge in [0.25, 0.3) is 11.6 Å². The molecule has 1 amide bonds. The average molecular weight is 532 g/mol. The number of halogens is 5. The van der Waals surface area contributed by atoms with Crippen LogP contribution in [0.15, 0.2) is 42.7 Å². The summed E-state index contributed by atoms with van der Waals surface area (Å²) >= 11 is 11.3. The number of hydrazine groups is 1. The van der Waals surface area contributed by atoms with Gasteiger partial charge in [0.15, 0.2) is 0 Å². The number of anilines is 3. The predicted molar refractivity (Wildman–Crippen MR) is 118 cm³/mol. The first-order valence-corrected chi connectivity index (χ1v) is 9.77. The van der Waals surface area contributed by atoms with E-state index in [0.29, 0.717) is 6.07 Å². The normalized spacial score (nSPS) is 11.0. The van der Waals surface area contributed by atoms with Crippen LogP contribution in [0.2, 0.25) is 10.0 Å². The van der Waals surface area contributed by atoms with Gasteiger partial charge < -0.3 is 5.32 Å². The van der Waals surface area contributed by atoms with E-state index in [0.717, 1.165) is 30.6 Å². The molecule has 12 nitrogen and oxygen atoms in total. The molecule has 0 aliphatic carbocycles. The third-order valence-electron chi connectivity index (χ3n) is 4.24. The van der Waals surface area contributed by atoms with Crippen molar-refractivity contribution in [1.29, 1.82) is 0 Å². The molecule has 0 atom stereocenters. The van der Waals surface area contributed by atoms with Gasteiger partial charge in [-0.25, -0.2) is 9.97 Å². The number of carbonyl (C=O) groups excluding carboxylic acids is 1. The van der Waals surface area contributed by atoms with Gasteiger partial charge in [0, 0.05) is 17.3 Å². The molecule has 3 N–H and O–H groups in total. The summed E-state index contributed by atoms with van der Waals surface area (Å²) in [5.74, 6) is -1.96. The molecule has 0 aliphatic heterocycles. The van der Waals surface area contributed by atoms with Crippen LogP contribution < -0.4 is 16.2 Å². The van der Waals surface area contributed by atoms with E-state index in [9.17, 15) is 38.2 Å². The number of nitrogens with zero attached hydrogens (tertiary/aromatic N) is 4. The number of alkyl halides is 3. The first kappa shape index (κ1) is 25.4. The molecule has 35 heavy (non-hydrogen) atoms. The Morgan fingerprint density at radius 2 is 1.60 bits per heavy atom. The molecule has 0 unspecified atom stereocenters. The van der Waals surface area contributed by atoms with Gasteiger partial charge in [-0.3, -0.25) is 35.9 Å². The Hall–Kier alpha value is -4.24. The van der Waals surface area contributed by atoms with Crippen molar-refractivity contribution in [3.05, 3.63) is 84.1 Å². The lowest BCUT2D eigenvalue weighted by Crippen LogP contribution is -2.30. The predicted octanol–water partition coefficient (Wildman–Crippen LogP) is 5.12. The fourth-order valence-corrected chi connectivity index (χ4v) is 3.08. The third-order valence-corrected chi connectivity index (χ3v) is 4.89. The lowest BCUT2D eigenvalue weighted by atomic mass is 10.2. The van der Waals surface area contributed by atoms with E-state index in [1.165, 1.54) is 6.07 Å². The van der Waals surface area contributed by atoms with Gasteiger partial charge in [0.2, 0.25) is 11.6 Å². The SMILES string of the molecule is O=C(NNc1ncnc(Nc2ccc(Cl)c(C(F)(F)F)c2)c1[N+](=O)[O-])c1ccc(Cl)c([N+](=O)[O-])c1. The maximum Gasteiger partial charge on any atom is 0.417 e. The molecule has 0 aliphatic rings. The number of nitro benzene ring substituents is 1. The van der Waals surface area contributed by atoms with E-state index in [1.54, 1.807) is 0 Å². The van der Waals surface area contributed by atoms with Crippen LogP contribution in [0, 0.1) is 20.2 Å². The second-order valence-corrected chi connectivity index (χ2v) is 7.31. The highest BCUT2D eigenvalue weighted by atomic mass is 35.5. The van der Waals surface area contributed by atoms with E-state index in [-0.39, 0.29) is 16.3 Å². The Morgan fingerprint density at radius 1 is 0.943 bits per heavy atom. The van der Waals surface area contributed by atoms with E-state index in [2.05, 4.69) is 26.1 Å². The van der Waals surface area contributed by atoms with Gasteiger partial charge in [-0.15, -0.1) is 0 Å². The highest BCUT2D eigenvalue weighted by Crippen LogP contribution is 2.38. The first-order valence-electron chi connectivity index (χ1n) is 9.02. The van der Waals surface area contributed by atoms with Crippen LogP contribution in [0.1, 0.15) is 15.9 Å². The lowest BCUT2D eigenvalue weighted by Gasteiger charge is -2.13. The van der Waals surface area contributed by atoms with Gasteiger partial charge in [-0.2, -0.15) is 13.2 Å². The number of carbonyl (C=O) groups is 1. The van der Waals surface area contributed by atoms with E-state index in [1.807, 2.05) is 0 Å². The fourth-order valence-electron chi connectivity index (χ4n) is 2.67. The highest BCUT2D eigenvalue weighted by Gasteiger charge is 2.33. The van der Waals surface area contributed by atoms with Crippen LogP contribution in [0.4, 0.5) is 41.9 Å². The summed E-state index contributed by atoms with van der Waals surface area (Å²) < 4.78 is 39.3. The van der Waals surface area contributed by atoms with Crippen LogP contribution in [0.5, 0.6) is 0 Å². The average Bonchev–Trinajstić information content (AvgIpc) is 2.78. The van der Waals surface area contributed by atoms with E-state index in [4.69, 9.17) is 23.2 Å². The van der Waals surface area contributed by atoms with E-state index < -0.39 is 55.5 Å². The Morgan fingerprint density at radius 3 is 2.23 bits per heavy atom. The number of aromatic nitrogens is 2. The monoisotopic (exact) mass is 531 g/mol. The number of nitro groups is 2. The Labute approximate surface area is 202 Å². The zero-order valence-corrected chi connectivity index (χ0v) is 18.3. The van der Waals surface area contributed by atoms with Crippen LogP contribution >= 0.6 is 23.2 Å². The number of rotatable bonds is 7. The molecule has 0 spiro atoms. The van der Waals surface area contributed by atoms with Gasteiger partial charge in [0.05, 0.1) is 20.4 Å². The van der Waals surface area contributed by atoms with Gasteiger partial charge in [-0.1, -0.05) is 23.2 Å². The summed E-state index contributed by atoms with van der Waals surface area (Å²) in [5, 5.41) is 24.2. The third kappa shape index (κ3) is 5.82. The van der Waals surface area contributed by atoms with Crippen molar-refractivity contribution in [3.8, 4) is 0 Å². The van der Waals surface area contributed by atoms with Crippen molar-refractivity contribution in [3.63, 3.8) is 0 Å².